The van der Waals surface area contributed by atoms with E-state index in [1.165, 1.54) is 7.11 Å². The zero-order valence-corrected chi connectivity index (χ0v) is 8.73. The molecule has 4 heteroatoms. The van der Waals surface area contributed by atoms with Gasteiger partial charge >= 0.3 is 5.63 Å². The molecule has 0 radical (unpaired) electrons. The van der Waals surface area contributed by atoms with Crippen molar-refractivity contribution >= 4 is 17.3 Å². The summed E-state index contributed by atoms with van der Waals surface area (Å²) in [6.07, 6.45) is 0.653. The van der Waals surface area contributed by atoms with E-state index in [-0.39, 0.29) is 12.0 Å². The maximum atomic E-state index is 11.6. The number of aldehydes is 1. The van der Waals surface area contributed by atoms with Gasteiger partial charge in [-0.25, -0.2) is 4.79 Å². The lowest BCUT2D eigenvalue weighted by Crippen LogP contribution is -2.10. The van der Waals surface area contributed by atoms with E-state index in [9.17, 15) is 9.59 Å². The zero-order valence-electron chi connectivity index (χ0n) is 8.73. The highest BCUT2D eigenvalue weighted by atomic mass is 16.5. The Morgan fingerprint density at radius 2 is 2.12 bits per heavy atom. The molecule has 0 aliphatic rings. The highest BCUT2D eigenvalue weighted by Gasteiger charge is 2.14. The van der Waals surface area contributed by atoms with Crippen LogP contribution >= 0.6 is 0 Å². The van der Waals surface area contributed by atoms with Gasteiger partial charge in [0.25, 0.3) is 0 Å². The van der Waals surface area contributed by atoms with Crippen LogP contribution in [0.4, 0.5) is 0 Å². The molecule has 1 heterocycles. The third-order valence-electron chi connectivity index (χ3n) is 2.35. The van der Waals surface area contributed by atoms with Gasteiger partial charge in [-0.05, 0) is 12.1 Å². The molecule has 4 nitrogen and oxygen atoms in total. The molecule has 1 aromatic carbocycles. The van der Waals surface area contributed by atoms with E-state index in [2.05, 4.69) is 0 Å². The van der Waals surface area contributed by atoms with Crippen molar-refractivity contribution in [3.8, 4) is 5.75 Å². The van der Waals surface area contributed by atoms with E-state index in [0.717, 1.165) is 0 Å². The standard InChI is InChI=1S/C12H10O4/c1-15-11-8-4-2-3-5-10(8)16-12(14)9(11)6-7-13/h2-5,7H,6H2,1H3. The van der Waals surface area contributed by atoms with Gasteiger partial charge in [-0.1, -0.05) is 12.1 Å². The molecule has 0 N–H and O–H groups in total. The fourth-order valence-electron chi connectivity index (χ4n) is 1.65. The number of benzene rings is 1. The summed E-state index contributed by atoms with van der Waals surface area (Å²) < 4.78 is 10.3. The minimum absolute atomic E-state index is 0.00363. The van der Waals surface area contributed by atoms with Crippen molar-refractivity contribution in [3.05, 3.63) is 40.2 Å². The van der Waals surface area contributed by atoms with Crippen LogP contribution in [-0.4, -0.2) is 13.4 Å². The van der Waals surface area contributed by atoms with Gasteiger partial charge in [0.05, 0.1) is 18.1 Å². The molecule has 0 fully saturated rings. The number of carbonyl (C=O) groups excluding carboxylic acids is 1. The smallest absolute Gasteiger partial charge is 0.343 e. The zero-order chi connectivity index (χ0) is 11.5. The minimum atomic E-state index is -0.525. The molecule has 2 rings (SSSR count). The summed E-state index contributed by atoms with van der Waals surface area (Å²) in [6, 6.07) is 7.05. The van der Waals surface area contributed by atoms with Crippen LogP contribution in [-0.2, 0) is 11.2 Å². The maximum absolute atomic E-state index is 11.6. The molecule has 0 aliphatic heterocycles. The van der Waals surface area contributed by atoms with Crippen molar-refractivity contribution in [2.24, 2.45) is 0 Å². The van der Waals surface area contributed by atoms with Crippen LogP contribution in [0.2, 0.25) is 0 Å². The van der Waals surface area contributed by atoms with E-state index < -0.39 is 5.63 Å². The average Bonchev–Trinajstić information content (AvgIpc) is 2.30. The van der Waals surface area contributed by atoms with Gasteiger partial charge in [-0.3, -0.25) is 0 Å². The summed E-state index contributed by atoms with van der Waals surface area (Å²) in [5.41, 5.74) is 0.192. The Morgan fingerprint density at radius 3 is 2.81 bits per heavy atom. The minimum Gasteiger partial charge on any atom is -0.495 e. The second-order valence-corrected chi connectivity index (χ2v) is 3.27. The molecule has 0 unspecified atom stereocenters. The van der Waals surface area contributed by atoms with E-state index in [1.54, 1.807) is 18.2 Å². The van der Waals surface area contributed by atoms with Crippen LogP contribution in [0.15, 0.2) is 33.5 Å². The highest BCUT2D eigenvalue weighted by molar-refractivity contribution is 5.85. The molecular weight excluding hydrogens is 208 g/mol. The SMILES string of the molecule is COc1c(CC=O)c(=O)oc2ccccc12. The van der Waals surface area contributed by atoms with Crippen molar-refractivity contribution in [2.45, 2.75) is 6.42 Å². The van der Waals surface area contributed by atoms with Gasteiger partial charge in [0.15, 0.2) is 0 Å². The summed E-state index contributed by atoms with van der Waals surface area (Å²) in [5.74, 6) is 0.416. The van der Waals surface area contributed by atoms with Gasteiger partial charge < -0.3 is 13.9 Å². The van der Waals surface area contributed by atoms with Crippen molar-refractivity contribution in [2.75, 3.05) is 7.11 Å². The molecule has 0 spiro atoms. The Bertz CT molecular complexity index is 583. The molecular formula is C12H10O4. The number of hydrogen-bond donors (Lipinski definition) is 0. The van der Waals surface area contributed by atoms with Gasteiger partial charge in [-0.15, -0.1) is 0 Å². The van der Waals surface area contributed by atoms with Crippen LogP contribution in [0.1, 0.15) is 5.56 Å². The molecule has 0 atom stereocenters. The van der Waals surface area contributed by atoms with Crippen LogP contribution < -0.4 is 10.4 Å². The second kappa shape index (κ2) is 4.18. The summed E-state index contributed by atoms with van der Waals surface area (Å²) in [5, 5.41) is 0.696. The molecule has 0 bridgehead atoms. The van der Waals surface area contributed by atoms with Crippen LogP contribution in [0, 0.1) is 0 Å². The molecule has 1 aromatic heterocycles. The fraction of sp³-hybridized carbons (Fsp3) is 0.167. The molecule has 16 heavy (non-hydrogen) atoms. The Morgan fingerprint density at radius 1 is 1.38 bits per heavy atom. The second-order valence-electron chi connectivity index (χ2n) is 3.27. The third kappa shape index (κ3) is 1.58. The third-order valence-corrected chi connectivity index (χ3v) is 2.35. The Hall–Kier alpha value is -2.10. The highest BCUT2D eigenvalue weighted by Crippen LogP contribution is 2.26. The first-order valence-corrected chi connectivity index (χ1v) is 4.80. The van der Waals surface area contributed by atoms with Crippen LogP contribution in [0.25, 0.3) is 11.0 Å². The largest absolute Gasteiger partial charge is 0.495 e. The van der Waals surface area contributed by atoms with Crippen molar-refractivity contribution in [1.29, 1.82) is 0 Å². The first-order chi connectivity index (χ1) is 7.77. The van der Waals surface area contributed by atoms with E-state index in [0.29, 0.717) is 23.0 Å². The van der Waals surface area contributed by atoms with Gasteiger partial charge in [0.1, 0.15) is 17.6 Å². The predicted molar refractivity (Wildman–Crippen MR) is 58.8 cm³/mol. The van der Waals surface area contributed by atoms with Crippen LogP contribution in [0.5, 0.6) is 5.75 Å². The number of rotatable bonds is 3. The van der Waals surface area contributed by atoms with E-state index in [1.807, 2.05) is 6.07 Å². The monoisotopic (exact) mass is 218 g/mol. The summed E-state index contributed by atoms with van der Waals surface area (Å²) in [6.45, 7) is 0. The van der Waals surface area contributed by atoms with Crippen LogP contribution in [0.3, 0.4) is 0 Å². The Kier molecular flexibility index (Phi) is 2.72. The normalized spacial score (nSPS) is 10.3. The topological polar surface area (TPSA) is 56.5 Å². The molecule has 82 valence electrons. The van der Waals surface area contributed by atoms with Gasteiger partial charge in [-0.2, -0.15) is 0 Å². The lowest BCUT2D eigenvalue weighted by Gasteiger charge is -2.07. The predicted octanol–water partition coefficient (Wildman–Crippen LogP) is 1.54. The number of hydrogen-bond acceptors (Lipinski definition) is 4. The number of ether oxygens (including phenoxy) is 1. The molecule has 2 aromatic rings. The lowest BCUT2D eigenvalue weighted by atomic mass is 10.1. The van der Waals surface area contributed by atoms with E-state index >= 15 is 0 Å². The first kappa shape index (κ1) is 10.4. The quantitative estimate of drug-likeness (QED) is 0.579. The molecule has 0 aliphatic carbocycles. The summed E-state index contributed by atoms with van der Waals surface area (Å²) in [7, 11) is 1.47. The van der Waals surface area contributed by atoms with Gasteiger partial charge in [0.2, 0.25) is 0 Å². The fourth-order valence-corrected chi connectivity index (χ4v) is 1.65. The number of carbonyl (C=O) groups is 1. The Balaban J connectivity index is 2.84. The van der Waals surface area contributed by atoms with Crippen molar-refractivity contribution in [1.82, 2.24) is 0 Å². The molecule has 0 saturated carbocycles. The van der Waals surface area contributed by atoms with Crippen molar-refractivity contribution in [3.63, 3.8) is 0 Å². The first-order valence-electron chi connectivity index (χ1n) is 4.80. The number of para-hydroxylation sites is 1. The summed E-state index contributed by atoms with van der Waals surface area (Å²) in [4.78, 5) is 22.1. The van der Waals surface area contributed by atoms with Gasteiger partial charge in [0, 0.05) is 6.42 Å². The van der Waals surface area contributed by atoms with E-state index in [4.69, 9.17) is 9.15 Å². The molecule has 0 saturated heterocycles. The lowest BCUT2D eigenvalue weighted by molar-refractivity contribution is -0.107. The number of methoxy groups -OCH3 is 1. The molecule has 0 amide bonds. The maximum Gasteiger partial charge on any atom is 0.343 e. The Labute approximate surface area is 91.4 Å². The average molecular weight is 218 g/mol. The number of fused-ring (bicyclic) bond motifs is 1. The van der Waals surface area contributed by atoms with Crippen molar-refractivity contribution < 1.29 is 13.9 Å². The summed E-state index contributed by atoms with van der Waals surface area (Å²) >= 11 is 0.